The molecule has 0 bridgehead atoms. The molecule has 1 heterocycles. The maximum Gasteiger partial charge on any atom is 0.337 e. The molecule has 0 aliphatic carbocycles. The number of hydrogen-bond donors (Lipinski definition) is 2. The molecule has 5 heteroatoms. The minimum absolute atomic E-state index is 0.198. The van der Waals surface area contributed by atoms with Crippen LogP contribution in [-0.4, -0.2) is 21.0 Å². The fourth-order valence-corrected chi connectivity index (χ4v) is 2.36. The number of carbonyl (C=O) groups is 1. The number of H-pyrrole nitrogens is 1. The number of aromatic amines is 1. The fourth-order valence-electron chi connectivity index (χ4n) is 2.16. The van der Waals surface area contributed by atoms with E-state index in [0.29, 0.717) is 28.3 Å². The molecule has 0 saturated heterocycles. The largest absolute Gasteiger partial charge is 0.478 e. The molecular weight excluding hydrogens is 276 g/mol. The monoisotopic (exact) mass is 286 g/mol. The second-order valence-electron chi connectivity index (χ2n) is 4.46. The number of benzene rings is 2. The van der Waals surface area contributed by atoms with Crippen LogP contribution in [-0.2, 0) is 6.42 Å². The molecule has 20 heavy (non-hydrogen) atoms. The lowest BCUT2D eigenvalue weighted by molar-refractivity contribution is 0.0699. The van der Waals surface area contributed by atoms with E-state index < -0.39 is 5.97 Å². The number of carboxylic acid groups (broad SMARTS) is 1. The summed E-state index contributed by atoms with van der Waals surface area (Å²) in [6.45, 7) is 0. The van der Waals surface area contributed by atoms with Crippen LogP contribution in [0.25, 0.3) is 11.0 Å². The average molecular weight is 287 g/mol. The van der Waals surface area contributed by atoms with E-state index in [-0.39, 0.29) is 5.56 Å². The van der Waals surface area contributed by atoms with Gasteiger partial charge in [0.05, 0.1) is 11.1 Å². The first-order valence-corrected chi connectivity index (χ1v) is 6.47. The highest BCUT2D eigenvalue weighted by Crippen LogP contribution is 2.21. The van der Waals surface area contributed by atoms with E-state index in [2.05, 4.69) is 9.97 Å². The van der Waals surface area contributed by atoms with E-state index in [1.807, 2.05) is 30.3 Å². The average Bonchev–Trinajstić information content (AvgIpc) is 2.83. The number of fused-ring (bicyclic) bond motifs is 1. The van der Waals surface area contributed by atoms with Crippen molar-refractivity contribution in [2.24, 2.45) is 0 Å². The lowest BCUT2D eigenvalue weighted by atomic mass is 10.1. The number of imidazole rings is 1. The third kappa shape index (κ3) is 2.26. The maximum absolute atomic E-state index is 11.2. The molecule has 4 nitrogen and oxygen atoms in total. The molecular formula is C15H11ClN2O2. The molecule has 3 rings (SSSR count). The number of nitrogens with zero attached hydrogens (tertiary/aromatic N) is 1. The van der Waals surface area contributed by atoms with E-state index in [1.54, 1.807) is 12.1 Å². The summed E-state index contributed by atoms with van der Waals surface area (Å²) < 4.78 is 0. The Labute approximate surface area is 120 Å². The van der Waals surface area contributed by atoms with Crippen molar-refractivity contribution in [3.8, 4) is 0 Å². The summed E-state index contributed by atoms with van der Waals surface area (Å²) >= 11 is 6.12. The van der Waals surface area contributed by atoms with Crippen LogP contribution in [0.1, 0.15) is 21.7 Å². The Balaban J connectivity index is 2.04. The molecule has 0 atom stereocenters. The van der Waals surface area contributed by atoms with Crippen molar-refractivity contribution in [1.29, 1.82) is 0 Å². The molecule has 0 spiro atoms. The van der Waals surface area contributed by atoms with Crippen molar-refractivity contribution in [2.45, 2.75) is 6.42 Å². The Morgan fingerprint density at radius 2 is 2.00 bits per heavy atom. The minimum Gasteiger partial charge on any atom is -0.478 e. The van der Waals surface area contributed by atoms with Crippen LogP contribution in [0.5, 0.6) is 0 Å². The van der Waals surface area contributed by atoms with Gasteiger partial charge < -0.3 is 10.1 Å². The van der Waals surface area contributed by atoms with E-state index in [1.165, 1.54) is 0 Å². The Morgan fingerprint density at radius 1 is 1.20 bits per heavy atom. The smallest absolute Gasteiger partial charge is 0.337 e. The van der Waals surface area contributed by atoms with Crippen LogP contribution in [0.2, 0.25) is 5.02 Å². The highest BCUT2D eigenvalue weighted by molar-refractivity contribution is 6.31. The summed E-state index contributed by atoms with van der Waals surface area (Å²) in [5, 5.41) is 9.82. The molecule has 0 saturated carbocycles. The van der Waals surface area contributed by atoms with Crippen molar-refractivity contribution in [1.82, 2.24) is 9.97 Å². The van der Waals surface area contributed by atoms with Crippen molar-refractivity contribution >= 4 is 28.6 Å². The molecule has 3 aromatic rings. The Morgan fingerprint density at radius 3 is 2.75 bits per heavy atom. The van der Waals surface area contributed by atoms with Gasteiger partial charge >= 0.3 is 5.97 Å². The molecule has 0 aliphatic rings. The lowest BCUT2D eigenvalue weighted by Gasteiger charge is -2.00. The number of aromatic carboxylic acids is 1. The van der Waals surface area contributed by atoms with Gasteiger partial charge in [0.1, 0.15) is 11.3 Å². The molecule has 0 aliphatic heterocycles. The van der Waals surface area contributed by atoms with E-state index in [9.17, 15) is 4.79 Å². The summed E-state index contributed by atoms with van der Waals surface area (Å²) in [6, 6.07) is 12.6. The van der Waals surface area contributed by atoms with Crippen LogP contribution >= 0.6 is 11.6 Å². The van der Waals surface area contributed by atoms with Gasteiger partial charge in [-0.25, -0.2) is 9.78 Å². The zero-order valence-electron chi connectivity index (χ0n) is 10.4. The predicted octanol–water partition coefficient (Wildman–Crippen LogP) is 3.51. The Bertz CT molecular complexity index is 795. The van der Waals surface area contributed by atoms with Gasteiger partial charge in [0, 0.05) is 11.4 Å². The topological polar surface area (TPSA) is 66.0 Å². The van der Waals surface area contributed by atoms with Crippen LogP contribution in [0.4, 0.5) is 0 Å². The standard InChI is InChI=1S/C15H11ClN2O2/c16-11-6-2-1-4-9(11)8-13-17-12-7-3-5-10(15(19)20)14(12)18-13/h1-7H,8H2,(H,17,18)(H,19,20). The van der Waals surface area contributed by atoms with E-state index >= 15 is 0 Å². The van der Waals surface area contributed by atoms with Gasteiger partial charge in [-0.05, 0) is 23.8 Å². The molecule has 2 aromatic carbocycles. The zero-order chi connectivity index (χ0) is 14.1. The Kier molecular flexibility index (Phi) is 3.16. The molecule has 2 N–H and O–H groups in total. The first kappa shape index (κ1) is 12.7. The molecule has 0 radical (unpaired) electrons. The van der Waals surface area contributed by atoms with Crippen LogP contribution in [0.15, 0.2) is 42.5 Å². The number of carboxylic acids is 1. The number of hydrogen-bond acceptors (Lipinski definition) is 2. The summed E-state index contributed by atoms with van der Waals surface area (Å²) in [5.74, 6) is -0.284. The first-order valence-electron chi connectivity index (χ1n) is 6.09. The van der Waals surface area contributed by atoms with Gasteiger partial charge in [0.15, 0.2) is 0 Å². The number of para-hydroxylation sites is 1. The summed E-state index contributed by atoms with van der Waals surface area (Å²) in [7, 11) is 0. The van der Waals surface area contributed by atoms with Gasteiger partial charge in [-0.2, -0.15) is 0 Å². The van der Waals surface area contributed by atoms with Gasteiger partial charge in [-0.15, -0.1) is 0 Å². The molecule has 100 valence electrons. The summed E-state index contributed by atoms with van der Waals surface area (Å²) in [4.78, 5) is 18.7. The van der Waals surface area contributed by atoms with Crippen LogP contribution < -0.4 is 0 Å². The van der Waals surface area contributed by atoms with Crippen molar-refractivity contribution in [2.75, 3.05) is 0 Å². The fraction of sp³-hybridized carbons (Fsp3) is 0.0667. The third-order valence-electron chi connectivity index (χ3n) is 3.11. The van der Waals surface area contributed by atoms with Crippen molar-refractivity contribution in [3.05, 3.63) is 64.4 Å². The van der Waals surface area contributed by atoms with Gasteiger partial charge in [0.2, 0.25) is 0 Å². The lowest BCUT2D eigenvalue weighted by Crippen LogP contribution is -1.97. The second-order valence-corrected chi connectivity index (χ2v) is 4.87. The van der Waals surface area contributed by atoms with E-state index in [4.69, 9.17) is 16.7 Å². The Hall–Kier alpha value is -2.33. The summed E-state index contributed by atoms with van der Waals surface area (Å²) in [6.07, 6.45) is 0.535. The maximum atomic E-state index is 11.2. The SMILES string of the molecule is O=C(O)c1cccc2[nH]c(Cc3ccccc3Cl)nc12. The van der Waals surface area contributed by atoms with Crippen molar-refractivity contribution < 1.29 is 9.90 Å². The first-order chi connectivity index (χ1) is 9.65. The molecule has 0 fully saturated rings. The number of nitrogens with one attached hydrogen (secondary N) is 1. The van der Waals surface area contributed by atoms with Crippen LogP contribution in [0.3, 0.4) is 0 Å². The summed E-state index contributed by atoms with van der Waals surface area (Å²) in [5.41, 5.74) is 2.34. The van der Waals surface area contributed by atoms with Gasteiger partial charge in [0.25, 0.3) is 0 Å². The zero-order valence-corrected chi connectivity index (χ0v) is 11.2. The quantitative estimate of drug-likeness (QED) is 0.774. The predicted molar refractivity (Wildman–Crippen MR) is 77.3 cm³/mol. The minimum atomic E-state index is -0.980. The van der Waals surface area contributed by atoms with Gasteiger partial charge in [-0.3, -0.25) is 0 Å². The van der Waals surface area contributed by atoms with Crippen molar-refractivity contribution in [3.63, 3.8) is 0 Å². The highest BCUT2D eigenvalue weighted by Gasteiger charge is 2.13. The molecule has 0 unspecified atom stereocenters. The normalized spacial score (nSPS) is 10.8. The highest BCUT2D eigenvalue weighted by atomic mass is 35.5. The molecule has 1 aromatic heterocycles. The molecule has 0 amide bonds. The van der Waals surface area contributed by atoms with Gasteiger partial charge in [-0.1, -0.05) is 35.9 Å². The second kappa shape index (κ2) is 4.98. The van der Waals surface area contributed by atoms with Crippen LogP contribution in [0, 0.1) is 0 Å². The number of halogens is 1. The third-order valence-corrected chi connectivity index (χ3v) is 3.48. The van der Waals surface area contributed by atoms with E-state index in [0.717, 1.165) is 5.56 Å². The number of rotatable bonds is 3. The number of aromatic nitrogens is 2.